The Bertz CT molecular complexity index is 654. The van der Waals surface area contributed by atoms with E-state index in [1.54, 1.807) is 6.20 Å². The molecule has 6 nitrogen and oxygen atoms in total. The molecule has 0 aliphatic carbocycles. The Hall–Kier alpha value is -2.37. The minimum Gasteiger partial charge on any atom is -0.355 e. The van der Waals surface area contributed by atoms with Gasteiger partial charge in [0, 0.05) is 57.1 Å². The zero-order valence-corrected chi connectivity index (χ0v) is 14.2. The molecule has 1 aliphatic heterocycles. The van der Waals surface area contributed by atoms with Crippen molar-refractivity contribution in [3.63, 3.8) is 0 Å². The first kappa shape index (κ1) is 16.5. The summed E-state index contributed by atoms with van der Waals surface area (Å²) >= 11 is 0. The normalized spacial score (nSPS) is 17.7. The maximum Gasteiger partial charge on any atom is 0.222 e. The highest BCUT2D eigenvalue weighted by molar-refractivity contribution is 5.76. The van der Waals surface area contributed by atoms with Gasteiger partial charge in [-0.15, -0.1) is 0 Å². The van der Waals surface area contributed by atoms with Gasteiger partial charge in [-0.05, 0) is 25.0 Å². The summed E-state index contributed by atoms with van der Waals surface area (Å²) in [5.74, 6) is 2.13. The maximum absolute atomic E-state index is 12.3. The molecule has 1 fully saturated rings. The molecular weight excluding hydrogens is 302 g/mol. The number of piperidine rings is 1. The standard InChI is InChI=1S/C18H25N5O/c1-2-16-20-10-13-22(16)12-8-18(24)21-15-6-5-11-23(14-15)17-7-3-4-9-19-17/h3-4,7,9-10,13,15H,2,5-6,8,11-12,14H2,1H3,(H,21,24)/t15-/m1/s1. The van der Waals surface area contributed by atoms with Crippen LogP contribution in [-0.4, -0.2) is 39.6 Å². The lowest BCUT2D eigenvalue weighted by molar-refractivity contribution is -0.122. The number of aryl methyl sites for hydroxylation is 2. The molecule has 0 radical (unpaired) electrons. The highest BCUT2D eigenvalue weighted by Crippen LogP contribution is 2.17. The molecule has 1 N–H and O–H groups in total. The highest BCUT2D eigenvalue weighted by Gasteiger charge is 2.22. The van der Waals surface area contributed by atoms with Crippen molar-refractivity contribution in [2.45, 2.75) is 45.2 Å². The Balaban J connectivity index is 1.49. The van der Waals surface area contributed by atoms with Crippen molar-refractivity contribution >= 4 is 11.7 Å². The van der Waals surface area contributed by atoms with Gasteiger partial charge in [-0.2, -0.15) is 0 Å². The van der Waals surface area contributed by atoms with E-state index in [4.69, 9.17) is 0 Å². The number of pyridine rings is 1. The van der Waals surface area contributed by atoms with Crippen LogP contribution in [-0.2, 0) is 17.8 Å². The van der Waals surface area contributed by atoms with Crippen molar-refractivity contribution in [2.24, 2.45) is 0 Å². The number of nitrogens with one attached hydrogen (secondary N) is 1. The number of aromatic nitrogens is 3. The number of imidazole rings is 1. The van der Waals surface area contributed by atoms with Crippen LogP contribution in [0.2, 0.25) is 0 Å². The van der Waals surface area contributed by atoms with Crippen molar-refractivity contribution < 1.29 is 4.79 Å². The lowest BCUT2D eigenvalue weighted by Crippen LogP contribution is -2.48. The third-order valence-electron chi connectivity index (χ3n) is 4.46. The number of nitrogens with zero attached hydrogens (tertiary/aromatic N) is 4. The minimum absolute atomic E-state index is 0.110. The van der Waals surface area contributed by atoms with Crippen LogP contribution >= 0.6 is 0 Å². The zero-order valence-electron chi connectivity index (χ0n) is 14.2. The topological polar surface area (TPSA) is 63.1 Å². The van der Waals surface area contributed by atoms with Gasteiger partial charge in [0.15, 0.2) is 0 Å². The number of carbonyl (C=O) groups excluding carboxylic acids is 1. The fourth-order valence-corrected chi connectivity index (χ4v) is 3.22. The van der Waals surface area contributed by atoms with Crippen LogP contribution in [0.15, 0.2) is 36.8 Å². The van der Waals surface area contributed by atoms with Crippen molar-refractivity contribution in [1.82, 2.24) is 19.9 Å². The van der Waals surface area contributed by atoms with Gasteiger partial charge in [0.1, 0.15) is 11.6 Å². The lowest BCUT2D eigenvalue weighted by atomic mass is 10.1. The van der Waals surface area contributed by atoms with Crippen LogP contribution in [0.4, 0.5) is 5.82 Å². The van der Waals surface area contributed by atoms with E-state index in [1.165, 1.54) is 0 Å². The molecular formula is C18H25N5O. The molecule has 0 aromatic carbocycles. The summed E-state index contributed by atoms with van der Waals surface area (Å²) in [6.45, 7) is 4.59. The molecule has 0 bridgehead atoms. The van der Waals surface area contributed by atoms with E-state index in [2.05, 4.69) is 31.7 Å². The minimum atomic E-state index is 0.110. The SMILES string of the molecule is CCc1nccn1CCC(=O)N[C@@H]1CCCN(c2ccccn2)C1. The summed E-state index contributed by atoms with van der Waals surface area (Å²) in [5.41, 5.74) is 0. The number of hydrogen-bond acceptors (Lipinski definition) is 4. The van der Waals surface area contributed by atoms with Crippen LogP contribution in [0.5, 0.6) is 0 Å². The molecule has 3 heterocycles. The summed E-state index contributed by atoms with van der Waals surface area (Å²) < 4.78 is 2.06. The smallest absolute Gasteiger partial charge is 0.222 e. The Labute approximate surface area is 142 Å². The summed E-state index contributed by atoms with van der Waals surface area (Å²) in [7, 11) is 0. The van der Waals surface area contributed by atoms with Gasteiger partial charge in [-0.3, -0.25) is 4.79 Å². The van der Waals surface area contributed by atoms with Gasteiger partial charge >= 0.3 is 0 Å². The second kappa shape index (κ2) is 7.95. The third kappa shape index (κ3) is 4.13. The van der Waals surface area contributed by atoms with Crippen molar-refractivity contribution in [2.75, 3.05) is 18.0 Å². The van der Waals surface area contributed by atoms with E-state index in [9.17, 15) is 4.79 Å². The average Bonchev–Trinajstić information content (AvgIpc) is 3.08. The van der Waals surface area contributed by atoms with E-state index in [1.807, 2.05) is 30.6 Å². The average molecular weight is 327 g/mol. The molecule has 1 amide bonds. The largest absolute Gasteiger partial charge is 0.355 e. The Kier molecular flexibility index (Phi) is 5.46. The van der Waals surface area contributed by atoms with Crippen molar-refractivity contribution in [1.29, 1.82) is 0 Å². The molecule has 2 aromatic rings. The van der Waals surface area contributed by atoms with Gasteiger partial charge in [-0.25, -0.2) is 9.97 Å². The van der Waals surface area contributed by atoms with Gasteiger partial charge in [0.2, 0.25) is 5.91 Å². The van der Waals surface area contributed by atoms with Gasteiger partial charge in [0.05, 0.1) is 0 Å². The fourth-order valence-electron chi connectivity index (χ4n) is 3.22. The molecule has 6 heteroatoms. The number of anilines is 1. The predicted octanol–water partition coefficient (Wildman–Crippen LogP) is 2.02. The molecule has 0 saturated carbocycles. The van der Waals surface area contributed by atoms with Crippen LogP contribution < -0.4 is 10.2 Å². The highest BCUT2D eigenvalue weighted by atomic mass is 16.1. The molecule has 0 spiro atoms. The first-order valence-electron chi connectivity index (χ1n) is 8.71. The Morgan fingerprint density at radius 3 is 3.04 bits per heavy atom. The van der Waals surface area contributed by atoms with E-state index >= 15 is 0 Å². The number of carbonyl (C=O) groups is 1. The van der Waals surface area contributed by atoms with E-state index in [-0.39, 0.29) is 11.9 Å². The zero-order chi connectivity index (χ0) is 16.8. The molecule has 128 valence electrons. The molecule has 1 aliphatic rings. The first-order chi connectivity index (χ1) is 11.8. The number of amides is 1. The number of rotatable bonds is 6. The van der Waals surface area contributed by atoms with Crippen LogP contribution in [0.25, 0.3) is 0 Å². The number of hydrogen-bond donors (Lipinski definition) is 1. The second-order valence-corrected chi connectivity index (χ2v) is 6.18. The van der Waals surface area contributed by atoms with E-state index < -0.39 is 0 Å². The molecule has 3 rings (SSSR count). The van der Waals surface area contributed by atoms with Crippen LogP contribution in [0.1, 0.15) is 32.0 Å². The molecule has 2 aromatic heterocycles. The lowest BCUT2D eigenvalue weighted by Gasteiger charge is -2.34. The molecule has 0 unspecified atom stereocenters. The van der Waals surface area contributed by atoms with Crippen molar-refractivity contribution in [3.05, 3.63) is 42.6 Å². The quantitative estimate of drug-likeness (QED) is 0.882. The second-order valence-electron chi connectivity index (χ2n) is 6.18. The van der Waals surface area contributed by atoms with Crippen molar-refractivity contribution in [3.8, 4) is 0 Å². The monoisotopic (exact) mass is 327 g/mol. The molecule has 1 saturated heterocycles. The predicted molar refractivity (Wildman–Crippen MR) is 93.8 cm³/mol. The van der Waals surface area contributed by atoms with Gasteiger partial charge in [-0.1, -0.05) is 13.0 Å². The van der Waals surface area contributed by atoms with E-state index in [0.717, 1.165) is 44.0 Å². The summed E-state index contributed by atoms with van der Waals surface area (Å²) in [6, 6.07) is 6.14. The third-order valence-corrected chi connectivity index (χ3v) is 4.46. The maximum atomic E-state index is 12.3. The first-order valence-corrected chi connectivity index (χ1v) is 8.71. The van der Waals surface area contributed by atoms with E-state index in [0.29, 0.717) is 13.0 Å². The summed E-state index contributed by atoms with van der Waals surface area (Å²) in [5, 5.41) is 3.18. The van der Waals surface area contributed by atoms with Gasteiger partial charge < -0.3 is 14.8 Å². The molecule has 1 atom stereocenters. The Morgan fingerprint density at radius 1 is 1.33 bits per heavy atom. The van der Waals surface area contributed by atoms with Crippen LogP contribution in [0.3, 0.4) is 0 Å². The summed E-state index contributed by atoms with van der Waals surface area (Å²) in [4.78, 5) is 23.2. The Morgan fingerprint density at radius 2 is 2.25 bits per heavy atom. The molecule has 24 heavy (non-hydrogen) atoms. The van der Waals surface area contributed by atoms with Gasteiger partial charge in [0.25, 0.3) is 0 Å². The van der Waals surface area contributed by atoms with Crippen LogP contribution in [0, 0.1) is 0 Å². The fraction of sp³-hybridized carbons (Fsp3) is 0.500. The summed E-state index contributed by atoms with van der Waals surface area (Å²) in [6.07, 6.45) is 9.02.